The standard InChI is InChI=1S/C10H21N3O/c1-9-3-6-13(7-4-9)10(14)12(2)8-5-11/h9H,3-8,11H2,1-2H3. The summed E-state index contributed by atoms with van der Waals surface area (Å²) in [6, 6.07) is 0.127. The predicted octanol–water partition coefficient (Wildman–Crippen LogP) is 0.729. The molecule has 14 heavy (non-hydrogen) atoms. The maximum absolute atomic E-state index is 11.8. The first kappa shape index (κ1) is 11.3. The molecule has 82 valence electrons. The zero-order valence-corrected chi connectivity index (χ0v) is 9.20. The molecule has 1 rings (SSSR count). The molecule has 0 aromatic rings. The molecule has 0 radical (unpaired) electrons. The van der Waals surface area contributed by atoms with Crippen LogP contribution < -0.4 is 5.73 Å². The van der Waals surface area contributed by atoms with E-state index in [2.05, 4.69) is 6.92 Å². The van der Waals surface area contributed by atoms with Crippen molar-refractivity contribution in [3.63, 3.8) is 0 Å². The molecule has 0 spiro atoms. The summed E-state index contributed by atoms with van der Waals surface area (Å²) in [5.41, 5.74) is 5.41. The Bertz CT molecular complexity index is 188. The summed E-state index contributed by atoms with van der Waals surface area (Å²) in [5, 5.41) is 0. The van der Waals surface area contributed by atoms with Gasteiger partial charge in [-0.2, -0.15) is 0 Å². The van der Waals surface area contributed by atoms with Gasteiger partial charge in [0.15, 0.2) is 0 Å². The van der Waals surface area contributed by atoms with Crippen LogP contribution in [0, 0.1) is 5.92 Å². The van der Waals surface area contributed by atoms with E-state index in [-0.39, 0.29) is 6.03 Å². The Morgan fingerprint density at radius 1 is 1.50 bits per heavy atom. The van der Waals surface area contributed by atoms with Crippen LogP contribution >= 0.6 is 0 Å². The number of nitrogens with two attached hydrogens (primary N) is 1. The van der Waals surface area contributed by atoms with Gasteiger partial charge in [-0.3, -0.25) is 0 Å². The van der Waals surface area contributed by atoms with Crippen molar-refractivity contribution in [3.05, 3.63) is 0 Å². The van der Waals surface area contributed by atoms with E-state index in [4.69, 9.17) is 5.73 Å². The summed E-state index contributed by atoms with van der Waals surface area (Å²) in [6.45, 7) is 5.21. The van der Waals surface area contributed by atoms with Gasteiger partial charge in [0.1, 0.15) is 0 Å². The molecule has 1 fully saturated rings. The second kappa shape index (κ2) is 5.20. The highest BCUT2D eigenvalue weighted by molar-refractivity contribution is 5.74. The number of carbonyl (C=O) groups excluding carboxylic acids is 1. The molecule has 0 aromatic heterocycles. The minimum absolute atomic E-state index is 0.127. The Morgan fingerprint density at radius 2 is 2.07 bits per heavy atom. The van der Waals surface area contributed by atoms with Gasteiger partial charge in [-0.15, -0.1) is 0 Å². The van der Waals surface area contributed by atoms with Crippen LogP contribution in [0.4, 0.5) is 4.79 Å². The van der Waals surface area contributed by atoms with E-state index >= 15 is 0 Å². The van der Waals surface area contributed by atoms with Crippen molar-refractivity contribution >= 4 is 6.03 Å². The molecule has 0 atom stereocenters. The van der Waals surface area contributed by atoms with Crippen molar-refractivity contribution in [2.45, 2.75) is 19.8 Å². The van der Waals surface area contributed by atoms with Gasteiger partial charge in [0.2, 0.25) is 0 Å². The van der Waals surface area contributed by atoms with Crippen molar-refractivity contribution in [2.24, 2.45) is 11.7 Å². The number of hydrogen-bond acceptors (Lipinski definition) is 2. The van der Waals surface area contributed by atoms with Crippen molar-refractivity contribution in [1.29, 1.82) is 0 Å². The molecule has 0 aromatic carbocycles. The van der Waals surface area contributed by atoms with Crippen molar-refractivity contribution in [3.8, 4) is 0 Å². The topological polar surface area (TPSA) is 49.6 Å². The zero-order valence-electron chi connectivity index (χ0n) is 9.20. The fraction of sp³-hybridized carbons (Fsp3) is 0.900. The summed E-state index contributed by atoms with van der Waals surface area (Å²) in [7, 11) is 1.81. The maximum atomic E-state index is 11.8. The van der Waals surface area contributed by atoms with Gasteiger partial charge in [-0.05, 0) is 18.8 Å². The Hall–Kier alpha value is -0.770. The van der Waals surface area contributed by atoms with Gasteiger partial charge in [0, 0.05) is 33.2 Å². The van der Waals surface area contributed by atoms with E-state index in [1.165, 1.54) is 0 Å². The summed E-state index contributed by atoms with van der Waals surface area (Å²) < 4.78 is 0. The van der Waals surface area contributed by atoms with Crippen LogP contribution in [0.5, 0.6) is 0 Å². The van der Waals surface area contributed by atoms with E-state index < -0.39 is 0 Å². The number of likely N-dealkylation sites (tertiary alicyclic amines) is 1. The van der Waals surface area contributed by atoms with Crippen LogP contribution in [-0.2, 0) is 0 Å². The second-order valence-corrected chi connectivity index (χ2v) is 4.16. The lowest BCUT2D eigenvalue weighted by molar-refractivity contribution is 0.144. The van der Waals surface area contributed by atoms with Gasteiger partial charge in [-0.25, -0.2) is 4.79 Å². The third-order valence-electron chi connectivity index (χ3n) is 2.85. The lowest BCUT2D eigenvalue weighted by Crippen LogP contribution is -2.46. The summed E-state index contributed by atoms with van der Waals surface area (Å²) in [6.07, 6.45) is 2.25. The smallest absolute Gasteiger partial charge is 0.319 e. The number of hydrogen-bond donors (Lipinski definition) is 1. The van der Waals surface area contributed by atoms with E-state index in [1.807, 2.05) is 11.9 Å². The summed E-state index contributed by atoms with van der Waals surface area (Å²) in [5.74, 6) is 0.763. The number of piperidine rings is 1. The van der Waals surface area contributed by atoms with Gasteiger partial charge < -0.3 is 15.5 Å². The Morgan fingerprint density at radius 3 is 2.57 bits per heavy atom. The quantitative estimate of drug-likeness (QED) is 0.712. The van der Waals surface area contributed by atoms with E-state index in [0.29, 0.717) is 13.1 Å². The van der Waals surface area contributed by atoms with Crippen molar-refractivity contribution in [2.75, 3.05) is 33.2 Å². The number of amides is 2. The number of rotatable bonds is 2. The molecule has 2 N–H and O–H groups in total. The summed E-state index contributed by atoms with van der Waals surface area (Å²) >= 11 is 0. The largest absolute Gasteiger partial charge is 0.329 e. The van der Waals surface area contributed by atoms with Crippen LogP contribution in [0.2, 0.25) is 0 Å². The predicted molar refractivity (Wildman–Crippen MR) is 57.1 cm³/mol. The second-order valence-electron chi connectivity index (χ2n) is 4.16. The molecule has 2 amide bonds. The van der Waals surface area contributed by atoms with E-state index in [9.17, 15) is 4.79 Å². The Labute approximate surface area is 86.0 Å². The van der Waals surface area contributed by atoms with Crippen molar-refractivity contribution in [1.82, 2.24) is 9.80 Å². The van der Waals surface area contributed by atoms with Crippen LogP contribution in [-0.4, -0.2) is 49.1 Å². The molecule has 1 aliphatic heterocycles. The third kappa shape index (κ3) is 2.87. The highest BCUT2D eigenvalue weighted by Crippen LogP contribution is 2.16. The van der Waals surface area contributed by atoms with Crippen LogP contribution in [0.25, 0.3) is 0 Å². The maximum Gasteiger partial charge on any atom is 0.319 e. The fourth-order valence-corrected chi connectivity index (χ4v) is 1.73. The summed E-state index contributed by atoms with van der Waals surface area (Å²) in [4.78, 5) is 15.4. The monoisotopic (exact) mass is 199 g/mol. The fourth-order valence-electron chi connectivity index (χ4n) is 1.73. The average Bonchev–Trinajstić information content (AvgIpc) is 2.18. The lowest BCUT2D eigenvalue weighted by Gasteiger charge is -2.33. The Balaban J connectivity index is 2.37. The number of likely N-dealkylation sites (N-methyl/N-ethyl adjacent to an activating group) is 1. The van der Waals surface area contributed by atoms with Crippen molar-refractivity contribution < 1.29 is 4.79 Å². The molecule has 4 nitrogen and oxygen atoms in total. The minimum Gasteiger partial charge on any atom is -0.329 e. The zero-order chi connectivity index (χ0) is 10.6. The molecule has 0 unspecified atom stereocenters. The molecular weight excluding hydrogens is 178 g/mol. The Kier molecular flexibility index (Phi) is 4.20. The normalized spacial score (nSPS) is 18.4. The van der Waals surface area contributed by atoms with E-state index in [0.717, 1.165) is 31.8 Å². The van der Waals surface area contributed by atoms with Crippen LogP contribution in [0.3, 0.4) is 0 Å². The molecular formula is C10H21N3O. The molecule has 0 aliphatic carbocycles. The molecule has 0 saturated carbocycles. The third-order valence-corrected chi connectivity index (χ3v) is 2.85. The lowest BCUT2D eigenvalue weighted by atomic mass is 10.00. The first-order valence-electron chi connectivity index (χ1n) is 5.35. The van der Waals surface area contributed by atoms with Crippen LogP contribution in [0.15, 0.2) is 0 Å². The highest BCUT2D eigenvalue weighted by atomic mass is 16.2. The number of urea groups is 1. The van der Waals surface area contributed by atoms with Gasteiger partial charge in [0.05, 0.1) is 0 Å². The van der Waals surface area contributed by atoms with Gasteiger partial charge in [0.25, 0.3) is 0 Å². The van der Waals surface area contributed by atoms with E-state index in [1.54, 1.807) is 4.90 Å². The first-order chi connectivity index (χ1) is 6.65. The molecule has 1 heterocycles. The minimum atomic E-state index is 0.127. The van der Waals surface area contributed by atoms with Crippen LogP contribution in [0.1, 0.15) is 19.8 Å². The molecule has 1 aliphatic rings. The molecule has 1 saturated heterocycles. The molecule has 4 heteroatoms. The highest BCUT2D eigenvalue weighted by Gasteiger charge is 2.22. The first-order valence-corrected chi connectivity index (χ1v) is 5.35. The average molecular weight is 199 g/mol. The SMILES string of the molecule is CC1CCN(C(=O)N(C)CCN)CC1. The van der Waals surface area contributed by atoms with Gasteiger partial charge in [-0.1, -0.05) is 6.92 Å². The number of carbonyl (C=O) groups is 1. The molecule has 0 bridgehead atoms. The number of nitrogens with zero attached hydrogens (tertiary/aromatic N) is 2. The van der Waals surface area contributed by atoms with Gasteiger partial charge >= 0.3 is 6.03 Å².